The third-order valence-corrected chi connectivity index (χ3v) is 3.64. The maximum absolute atomic E-state index is 6.08. The average molecular weight is 271 g/mol. The molecule has 2 heteroatoms. The molecule has 1 atom stereocenters. The van der Waals surface area contributed by atoms with E-state index in [-0.39, 0.29) is 6.04 Å². The molecule has 0 spiro atoms. The summed E-state index contributed by atoms with van der Waals surface area (Å²) in [7, 11) is 0. The topological polar surface area (TPSA) is 35.2 Å². The van der Waals surface area contributed by atoms with E-state index in [1.54, 1.807) is 0 Å². The second-order valence-corrected chi connectivity index (χ2v) is 5.40. The highest BCUT2D eigenvalue weighted by Crippen LogP contribution is 2.33. The zero-order chi connectivity index (χ0) is 14.4. The lowest BCUT2D eigenvalue weighted by Crippen LogP contribution is -2.09. The molecule has 0 saturated carbocycles. The molecule has 2 N–H and O–H groups in total. The van der Waals surface area contributed by atoms with Gasteiger partial charge in [0.25, 0.3) is 0 Å². The van der Waals surface area contributed by atoms with E-state index in [1.807, 2.05) is 6.92 Å². The number of hydrogen-bond acceptors (Lipinski definition) is 2. The smallest absolute Gasteiger partial charge is 0.131 e. The van der Waals surface area contributed by atoms with Gasteiger partial charge < -0.3 is 10.5 Å². The molecule has 0 fully saturated rings. The van der Waals surface area contributed by atoms with Crippen molar-refractivity contribution in [3.05, 3.63) is 42.0 Å². The minimum atomic E-state index is -0.00903. The van der Waals surface area contributed by atoms with E-state index in [4.69, 9.17) is 10.5 Å². The first kappa shape index (κ1) is 14.9. The first-order chi connectivity index (χ1) is 9.74. The van der Waals surface area contributed by atoms with E-state index in [1.165, 1.54) is 24.6 Å². The second-order valence-electron chi connectivity index (χ2n) is 5.40. The Morgan fingerprint density at radius 2 is 1.85 bits per heavy atom. The first-order valence-corrected chi connectivity index (χ1v) is 7.64. The second kappa shape index (κ2) is 7.30. The highest BCUT2D eigenvalue weighted by molar-refractivity contribution is 5.89. The molecule has 0 aromatic heterocycles. The fraction of sp³-hybridized carbons (Fsp3) is 0.444. The molecule has 2 aromatic carbocycles. The Hall–Kier alpha value is -1.54. The summed E-state index contributed by atoms with van der Waals surface area (Å²) in [4.78, 5) is 0. The molecule has 2 rings (SSSR count). The van der Waals surface area contributed by atoms with Crippen LogP contribution in [0.15, 0.2) is 36.4 Å². The molecule has 0 aliphatic rings. The minimum Gasteiger partial charge on any atom is -0.493 e. The summed E-state index contributed by atoms with van der Waals surface area (Å²) in [6.45, 7) is 5.00. The van der Waals surface area contributed by atoms with E-state index in [9.17, 15) is 0 Å². The standard InChI is InChI=1S/C18H25NO/c1-3-4-5-8-13-20-18-16(14(2)19)12-11-15-9-6-7-10-17(15)18/h6-7,9-12,14H,3-5,8,13,19H2,1-2H3. The molecule has 0 aliphatic heterocycles. The Morgan fingerprint density at radius 3 is 2.60 bits per heavy atom. The van der Waals surface area contributed by atoms with E-state index in [0.717, 1.165) is 29.7 Å². The summed E-state index contributed by atoms with van der Waals surface area (Å²) in [6, 6.07) is 12.5. The molecule has 0 heterocycles. The van der Waals surface area contributed by atoms with Gasteiger partial charge in [0, 0.05) is 17.0 Å². The van der Waals surface area contributed by atoms with Crippen LogP contribution in [0, 0.1) is 0 Å². The monoisotopic (exact) mass is 271 g/mol. The number of unbranched alkanes of at least 4 members (excludes halogenated alkanes) is 3. The molecule has 20 heavy (non-hydrogen) atoms. The summed E-state index contributed by atoms with van der Waals surface area (Å²) < 4.78 is 6.08. The maximum atomic E-state index is 6.08. The Labute approximate surface area is 121 Å². The predicted octanol–water partition coefficient (Wildman–Crippen LogP) is 4.82. The molecular weight excluding hydrogens is 246 g/mol. The zero-order valence-electron chi connectivity index (χ0n) is 12.6. The van der Waals surface area contributed by atoms with Gasteiger partial charge in [0.05, 0.1) is 6.61 Å². The van der Waals surface area contributed by atoms with Gasteiger partial charge >= 0.3 is 0 Å². The maximum Gasteiger partial charge on any atom is 0.131 e. The number of rotatable bonds is 7. The molecule has 108 valence electrons. The average Bonchev–Trinajstić information content (AvgIpc) is 2.46. The quantitative estimate of drug-likeness (QED) is 0.733. The van der Waals surface area contributed by atoms with Crippen LogP contribution < -0.4 is 10.5 Å². The Bertz CT molecular complexity index is 548. The van der Waals surface area contributed by atoms with Gasteiger partial charge in [-0.1, -0.05) is 62.6 Å². The minimum absolute atomic E-state index is 0.00903. The van der Waals surface area contributed by atoms with Crippen LogP contribution in [0.3, 0.4) is 0 Å². The Kier molecular flexibility index (Phi) is 5.42. The molecule has 0 amide bonds. The van der Waals surface area contributed by atoms with Crippen LogP contribution in [0.2, 0.25) is 0 Å². The summed E-state index contributed by atoms with van der Waals surface area (Å²) in [5.41, 5.74) is 7.17. The van der Waals surface area contributed by atoms with Crippen molar-refractivity contribution in [2.45, 2.75) is 45.6 Å². The van der Waals surface area contributed by atoms with E-state index in [0.29, 0.717) is 0 Å². The Morgan fingerprint density at radius 1 is 1.05 bits per heavy atom. The highest BCUT2D eigenvalue weighted by Gasteiger charge is 2.11. The van der Waals surface area contributed by atoms with Crippen LogP contribution in [0.4, 0.5) is 0 Å². The zero-order valence-corrected chi connectivity index (χ0v) is 12.6. The SMILES string of the molecule is CCCCCCOc1c(C(C)N)ccc2ccccc12. The highest BCUT2D eigenvalue weighted by atomic mass is 16.5. The normalized spacial score (nSPS) is 12.6. The largest absolute Gasteiger partial charge is 0.493 e. The lowest BCUT2D eigenvalue weighted by atomic mass is 10.0. The number of nitrogens with two attached hydrogens (primary N) is 1. The van der Waals surface area contributed by atoms with Crippen LogP contribution in [0.25, 0.3) is 10.8 Å². The number of hydrogen-bond donors (Lipinski definition) is 1. The van der Waals surface area contributed by atoms with Crippen molar-refractivity contribution in [1.82, 2.24) is 0 Å². The summed E-state index contributed by atoms with van der Waals surface area (Å²) in [5, 5.41) is 2.37. The molecule has 0 bridgehead atoms. The lowest BCUT2D eigenvalue weighted by molar-refractivity contribution is 0.304. The van der Waals surface area contributed by atoms with Crippen LogP contribution in [-0.2, 0) is 0 Å². The van der Waals surface area contributed by atoms with Crippen LogP contribution in [0.5, 0.6) is 5.75 Å². The number of ether oxygens (including phenoxy) is 1. The van der Waals surface area contributed by atoms with Gasteiger partial charge in [-0.05, 0) is 18.7 Å². The van der Waals surface area contributed by atoms with Crippen molar-refractivity contribution in [3.8, 4) is 5.75 Å². The van der Waals surface area contributed by atoms with Gasteiger partial charge in [-0.25, -0.2) is 0 Å². The van der Waals surface area contributed by atoms with Gasteiger partial charge in [0.2, 0.25) is 0 Å². The van der Waals surface area contributed by atoms with Crippen molar-refractivity contribution in [3.63, 3.8) is 0 Å². The predicted molar refractivity (Wildman–Crippen MR) is 86.2 cm³/mol. The molecule has 0 radical (unpaired) electrons. The Balaban J connectivity index is 2.21. The van der Waals surface area contributed by atoms with Gasteiger partial charge in [-0.15, -0.1) is 0 Å². The van der Waals surface area contributed by atoms with E-state index >= 15 is 0 Å². The van der Waals surface area contributed by atoms with E-state index in [2.05, 4.69) is 43.3 Å². The molecule has 2 nitrogen and oxygen atoms in total. The molecule has 0 saturated heterocycles. The van der Waals surface area contributed by atoms with Crippen molar-refractivity contribution in [1.29, 1.82) is 0 Å². The van der Waals surface area contributed by atoms with Gasteiger partial charge in [0.1, 0.15) is 5.75 Å². The third-order valence-electron chi connectivity index (χ3n) is 3.64. The third kappa shape index (κ3) is 3.51. The van der Waals surface area contributed by atoms with Crippen molar-refractivity contribution < 1.29 is 4.74 Å². The fourth-order valence-electron chi connectivity index (χ4n) is 2.48. The summed E-state index contributed by atoms with van der Waals surface area (Å²) >= 11 is 0. The lowest BCUT2D eigenvalue weighted by Gasteiger charge is -2.16. The first-order valence-electron chi connectivity index (χ1n) is 7.64. The van der Waals surface area contributed by atoms with E-state index < -0.39 is 0 Å². The van der Waals surface area contributed by atoms with Crippen molar-refractivity contribution in [2.24, 2.45) is 5.73 Å². The van der Waals surface area contributed by atoms with Crippen molar-refractivity contribution in [2.75, 3.05) is 6.61 Å². The molecule has 2 aromatic rings. The van der Waals surface area contributed by atoms with Crippen LogP contribution in [-0.4, -0.2) is 6.61 Å². The van der Waals surface area contributed by atoms with Gasteiger partial charge in [-0.3, -0.25) is 0 Å². The number of benzene rings is 2. The number of fused-ring (bicyclic) bond motifs is 1. The summed E-state index contributed by atoms with van der Waals surface area (Å²) in [5.74, 6) is 0.967. The van der Waals surface area contributed by atoms with Gasteiger partial charge in [0.15, 0.2) is 0 Å². The molecule has 0 aliphatic carbocycles. The summed E-state index contributed by atoms with van der Waals surface area (Å²) in [6.07, 6.45) is 4.86. The molecule has 1 unspecified atom stereocenters. The molecular formula is C18H25NO. The van der Waals surface area contributed by atoms with Crippen LogP contribution in [0.1, 0.15) is 51.1 Å². The van der Waals surface area contributed by atoms with Gasteiger partial charge in [-0.2, -0.15) is 0 Å². The van der Waals surface area contributed by atoms with Crippen molar-refractivity contribution >= 4 is 10.8 Å². The fourth-order valence-corrected chi connectivity index (χ4v) is 2.48. The van der Waals surface area contributed by atoms with Crippen LogP contribution >= 0.6 is 0 Å².